The Morgan fingerprint density at radius 2 is 1.71 bits per heavy atom. The number of thioether (sulfide) groups is 1. The number of ether oxygens (including phenoxy) is 1. The summed E-state index contributed by atoms with van der Waals surface area (Å²) in [5.74, 6) is -0.962. The van der Waals surface area contributed by atoms with Gasteiger partial charge in [0.2, 0.25) is 18.2 Å². The molecule has 1 aromatic rings. The highest BCUT2D eigenvalue weighted by Crippen LogP contribution is 2.14. The Bertz CT molecular complexity index is 797. The van der Waals surface area contributed by atoms with Gasteiger partial charge in [-0.3, -0.25) is 14.4 Å². The van der Waals surface area contributed by atoms with E-state index in [9.17, 15) is 19.2 Å². The van der Waals surface area contributed by atoms with E-state index in [0.717, 1.165) is 5.56 Å². The maximum atomic E-state index is 13.3. The van der Waals surface area contributed by atoms with Gasteiger partial charge in [-0.25, -0.2) is 4.79 Å². The van der Waals surface area contributed by atoms with Crippen LogP contribution in [0.4, 0.5) is 0 Å². The van der Waals surface area contributed by atoms with E-state index in [4.69, 9.17) is 4.74 Å². The van der Waals surface area contributed by atoms with Gasteiger partial charge < -0.3 is 20.7 Å². The van der Waals surface area contributed by atoms with Crippen molar-refractivity contribution in [3.05, 3.63) is 35.9 Å². The second kappa shape index (κ2) is 14.7. The molecule has 0 spiro atoms. The van der Waals surface area contributed by atoms with Crippen molar-refractivity contribution in [2.24, 2.45) is 5.92 Å². The van der Waals surface area contributed by atoms with Crippen LogP contribution < -0.4 is 16.0 Å². The van der Waals surface area contributed by atoms with Gasteiger partial charge in [-0.05, 0) is 50.7 Å². The molecule has 1 aromatic carbocycles. The molecule has 3 N–H and O–H groups in total. The fraction of sp³-hybridized carbons (Fsp3) is 0.600. The van der Waals surface area contributed by atoms with Crippen molar-refractivity contribution in [1.29, 1.82) is 0 Å². The molecule has 0 aliphatic rings. The molecule has 0 saturated carbocycles. The molecule has 0 fully saturated rings. The highest BCUT2D eigenvalue weighted by Gasteiger charge is 2.33. The summed E-state index contributed by atoms with van der Waals surface area (Å²) in [4.78, 5) is 50.1. The Balaban J connectivity index is 3.08. The highest BCUT2D eigenvalue weighted by atomic mass is 32.2. The Kier molecular flexibility index (Phi) is 12.7. The number of nitrogens with one attached hydrogen (secondary N) is 3. The van der Waals surface area contributed by atoms with Crippen molar-refractivity contribution in [1.82, 2.24) is 16.0 Å². The van der Waals surface area contributed by atoms with Gasteiger partial charge in [0.05, 0.1) is 0 Å². The number of benzene rings is 1. The summed E-state index contributed by atoms with van der Waals surface area (Å²) in [6.07, 6.45) is 3.72. The minimum atomic E-state index is -0.919. The van der Waals surface area contributed by atoms with Crippen LogP contribution in [0, 0.1) is 5.92 Å². The van der Waals surface area contributed by atoms with E-state index < -0.39 is 41.5 Å². The molecule has 0 bridgehead atoms. The topological polar surface area (TPSA) is 114 Å². The van der Waals surface area contributed by atoms with Crippen molar-refractivity contribution in [2.75, 3.05) is 12.0 Å². The fourth-order valence-electron chi connectivity index (χ4n) is 3.24. The van der Waals surface area contributed by atoms with E-state index in [1.807, 2.05) is 50.4 Å². The molecule has 2 unspecified atom stereocenters. The van der Waals surface area contributed by atoms with Crippen LogP contribution in [0.2, 0.25) is 0 Å². The van der Waals surface area contributed by atoms with Crippen LogP contribution in [-0.2, 0) is 30.3 Å². The minimum absolute atomic E-state index is 0.197. The summed E-state index contributed by atoms with van der Waals surface area (Å²) in [6, 6.07) is 6.81. The number of esters is 1. The molecule has 0 heterocycles. The maximum Gasteiger partial charge on any atom is 0.329 e. The maximum absolute atomic E-state index is 13.3. The molecule has 0 radical (unpaired) electrons. The Hall–Kier alpha value is -2.55. The normalized spacial score (nSPS) is 14.8. The molecule has 3 amide bonds. The average Bonchev–Trinajstić information content (AvgIpc) is 2.78. The van der Waals surface area contributed by atoms with Crippen molar-refractivity contribution < 1.29 is 23.9 Å². The lowest BCUT2D eigenvalue weighted by Crippen LogP contribution is -2.57. The lowest BCUT2D eigenvalue weighted by Gasteiger charge is -2.29. The second-order valence-corrected chi connectivity index (χ2v) is 10.3. The smallest absolute Gasteiger partial charge is 0.329 e. The number of hydrogen-bond donors (Lipinski definition) is 3. The van der Waals surface area contributed by atoms with Gasteiger partial charge in [0, 0.05) is 6.42 Å². The van der Waals surface area contributed by atoms with E-state index in [-0.39, 0.29) is 12.3 Å². The van der Waals surface area contributed by atoms with Gasteiger partial charge in [0.1, 0.15) is 23.7 Å². The first kappa shape index (κ1) is 29.5. The molecule has 4 atom stereocenters. The molecule has 8 nitrogen and oxygen atoms in total. The number of amides is 3. The third kappa shape index (κ3) is 10.6. The number of hydrogen-bond acceptors (Lipinski definition) is 6. The van der Waals surface area contributed by atoms with E-state index >= 15 is 0 Å². The zero-order chi connectivity index (χ0) is 25.7. The van der Waals surface area contributed by atoms with Gasteiger partial charge in [0.15, 0.2) is 0 Å². The van der Waals surface area contributed by atoms with E-state index in [1.54, 1.807) is 32.5 Å². The summed E-state index contributed by atoms with van der Waals surface area (Å²) in [6.45, 7) is 9.07. The Labute approximate surface area is 207 Å². The zero-order valence-electron chi connectivity index (χ0n) is 21.1. The van der Waals surface area contributed by atoms with Gasteiger partial charge in [-0.2, -0.15) is 11.8 Å². The largest absolute Gasteiger partial charge is 0.458 e. The standard InChI is InChI=1S/C25H39N3O5S/c1-7-17(2)21(28-22(30)19(26-16-29)13-14-34-6)23(31)27-20(24(32)33-25(3,4)5)15-18-11-9-8-10-12-18/h8-12,16-17,19-21H,7,13-15H2,1-6H3,(H,26,29)(H,27,31)(H,28,30)/t17?,19-,20-,21?/m0/s1. The predicted molar refractivity (Wildman–Crippen MR) is 135 cm³/mol. The predicted octanol–water partition coefficient (Wildman–Crippen LogP) is 2.45. The van der Waals surface area contributed by atoms with Crippen LogP contribution in [0.25, 0.3) is 0 Å². The fourth-order valence-corrected chi connectivity index (χ4v) is 3.71. The summed E-state index contributed by atoms with van der Waals surface area (Å²) in [5, 5.41) is 8.11. The first-order chi connectivity index (χ1) is 16.0. The molecule has 0 saturated heterocycles. The van der Waals surface area contributed by atoms with Crippen molar-refractivity contribution in [3.63, 3.8) is 0 Å². The van der Waals surface area contributed by atoms with Crippen LogP contribution >= 0.6 is 11.8 Å². The van der Waals surface area contributed by atoms with E-state index in [2.05, 4.69) is 16.0 Å². The van der Waals surface area contributed by atoms with E-state index in [0.29, 0.717) is 25.0 Å². The molecular formula is C25H39N3O5S. The number of carbonyl (C=O) groups excluding carboxylic acids is 4. The monoisotopic (exact) mass is 493 g/mol. The second-order valence-electron chi connectivity index (χ2n) is 9.27. The van der Waals surface area contributed by atoms with Gasteiger partial charge in [-0.1, -0.05) is 50.6 Å². The van der Waals surface area contributed by atoms with Gasteiger partial charge in [-0.15, -0.1) is 0 Å². The van der Waals surface area contributed by atoms with Crippen LogP contribution in [0.1, 0.15) is 53.0 Å². The molecule has 190 valence electrons. The van der Waals surface area contributed by atoms with Crippen LogP contribution in [0.5, 0.6) is 0 Å². The van der Waals surface area contributed by atoms with Crippen molar-refractivity contribution in [3.8, 4) is 0 Å². The highest BCUT2D eigenvalue weighted by molar-refractivity contribution is 7.98. The Morgan fingerprint density at radius 3 is 2.24 bits per heavy atom. The summed E-state index contributed by atoms with van der Waals surface area (Å²) >= 11 is 1.56. The molecule has 0 aliphatic heterocycles. The minimum Gasteiger partial charge on any atom is -0.458 e. The average molecular weight is 494 g/mol. The third-order valence-electron chi connectivity index (χ3n) is 5.28. The molecule has 34 heavy (non-hydrogen) atoms. The van der Waals surface area contributed by atoms with Crippen LogP contribution in [-0.4, -0.2) is 59.9 Å². The molecular weight excluding hydrogens is 454 g/mol. The summed E-state index contributed by atoms with van der Waals surface area (Å²) in [7, 11) is 0. The molecule has 0 aliphatic carbocycles. The quantitative estimate of drug-likeness (QED) is 0.271. The van der Waals surface area contributed by atoms with Crippen LogP contribution in [0.3, 0.4) is 0 Å². The zero-order valence-corrected chi connectivity index (χ0v) is 21.9. The molecule has 0 aromatic heterocycles. The van der Waals surface area contributed by atoms with Crippen LogP contribution in [0.15, 0.2) is 30.3 Å². The van der Waals surface area contributed by atoms with E-state index in [1.165, 1.54) is 0 Å². The summed E-state index contributed by atoms with van der Waals surface area (Å²) in [5.41, 5.74) is 0.154. The number of rotatable bonds is 14. The Morgan fingerprint density at radius 1 is 1.06 bits per heavy atom. The van der Waals surface area contributed by atoms with Crippen molar-refractivity contribution in [2.45, 2.75) is 77.6 Å². The lowest BCUT2D eigenvalue weighted by atomic mass is 9.96. The van der Waals surface area contributed by atoms with Gasteiger partial charge >= 0.3 is 5.97 Å². The lowest BCUT2D eigenvalue weighted by molar-refractivity contribution is -0.158. The summed E-state index contributed by atoms with van der Waals surface area (Å²) < 4.78 is 5.54. The molecule has 1 rings (SSSR count). The number of carbonyl (C=O) groups is 4. The van der Waals surface area contributed by atoms with Gasteiger partial charge in [0.25, 0.3) is 0 Å². The first-order valence-corrected chi connectivity index (χ1v) is 13.0. The third-order valence-corrected chi connectivity index (χ3v) is 5.92. The molecule has 9 heteroatoms. The SMILES string of the molecule is CCC(C)C(NC(=O)[C@H](CCSC)NC=O)C(=O)N[C@@H](Cc1ccccc1)C(=O)OC(C)(C)C. The first-order valence-electron chi connectivity index (χ1n) is 11.6. The van der Waals surface area contributed by atoms with Crippen molar-refractivity contribution >= 4 is 36.0 Å².